The standard InChI is InChI=1S/C19H25N3O2/c1-22(2)14-15-7-6-10-17(13-15)20-19(24)21-18(11-12-23)16-8-4-3-5-9-16/h3-10,13,18,23H,11-12,14H2,1-2H3,(H2,20,21,24)/t18-/m1/s1. The molecule has 0 fully saturated rings. The molecule has 0 radical (unpaired) electrons. The van der Waals surface area contributed by atoms with Gasteiger partial charge in [0.2, 0.25) is 0 Å². The van der Waals surface area contributed by atoms with Gasteiger partial charge < -0.3 is 20.6 Å². The number of nitrogens with one attached hydrogen (secondary N) is 2. The molecule has 0 aliphatic heterocycles. The van der Waals surface area contributed by atoms with Gasteiger partial charge in [0, 0.05) is 18.8 Å². The first-order chi connectivity index (χ1) is 11.6. The molecule has 2 amide bonds. The molecule has 0 saturated carbocycles. The van der Waals surface area contributed by atoms with Crippen LogP contribution in [0.15, 0.2) is 54.6 Å². The molecule has 0 saturated heterocycles. The lowest BCUT2D eigenvalue weighted by molar-refractivity contribution is 0.239. The highest BCUT2D eigenvalue weighted by Gasteiger charge is 2.14. The van der Waals surface area contributed by atoms with Crippen molar-refractivity contribution in [3.05, 3.63) is 65.7 Å². The SMILES string of the molecule is CN(C)Cc1cccc(NC(=O)N[C@H](CCO)c2ccccc2)c1. The summed E-state index contributed by atoms with van der Waals surface area (Å²) in [5.74, 6) is 0. The summed E-state index contributed by atoms with van der Waals surface area (Å²) in [6, 6.07) is 16.9. The summed E-state index contributed by atoms with van der Waals surface area (Å²) in [4.78, 5) is 14.4. The monoisotopic (exact) mass is 327 g/mol. The Kier molecular flexibility index (Phi) is 6.78. The van der Waals surface area contributed by atoms with Crippen LogP contribution < -0.4 is 10.6 Å². The van der Waals surface area contributed by atoms with E-state index >= 15 is 0 Å². The number of anilines is 1. The quantitative estimate of drug-likeness (QED) is 0.732. The van der Waals surface area contributed by atoms with E-state index in [1.807, 2.05) is 68.7 Å². The molecule has 0 aromatic heterocycles. The maximum absolute atomic E-state index is 12.3. The first-order valence-corrected chi connectivity index (χ1v) is 8.05. The summed E-state index contributed by atoms with van der Waals surface area (Å²) < 4.78 is 0. The van der Waals surface area contributed by atoms with E-state index in [9.17, 15) is 9.90 Å². The number of nitrogens with zero attached hydrogens (tertiary/aromatic N) is 1. The lowest BCUT2D eigenvalue weighted by Crippen LogP contribution is -2.33. The third-order valence-electron chi connectivity index (χ3n) is 3.61. The van der Waals surface area contributed by atoms with Crippen molar-refractivity contribution in [2.75, 3.05) is 26.0 Å². The van der Waals surface area contributed by atoms with Gasteiger partial charge in [0.05, 0.1) is 6.04 Å². The number of amides is 2. The molecule has 0 bridgehead atoms. The number of aliphatic hydroxyl groups is 1. The highest BCUT2D eigenvalue weighted by atomic mass is 16.3. The molecule has 5 heteroatoms. The zero-order chi connectivity index (χ0) is 17.4. The van der Waals surface area contributed by atoms with Gasteiger partial charge in [0.25, 0.3) is 0 Å². The Morgan fingerprint density at radius 2 is 1.88 bits per heavy atom. The fraction of sp³-hybridized carbons (Fsp3) is 0.316. The van der Waals surface area contributed by atoms with Crippen LogP contribution in [0.1, 0.15) is 23.6 Å². The summed E-state index contributed by atoms with van der Waals surface area (Å²) >= 11 is 0. The van der Waals surface area contributed by atoms with Crippen LogP contribution in [0.3, 0.4) is 0 Å². The van der Waals surface area contributed by atoms with Gasteiger partial charge in [-0.1, -0.05) is 42.5 Å². The van der Waals surface area contributed by atoms with Crippen molar-refractivity contribution in [3.8, 4) is 0 Å². The number of hydrogen-bond donors (Lipinski definition) is 3. The average Bonchev–Trinajstić information content (AvgIpc) is 2.55. The lowest BCUT2D eigenvalue weighted by atomic mass is 10.0. The van der Waals surface area contributed by atoms with Crippen LogP contribution in [-0.2, 0) is 6.54 Å². The molecular weight excluding hydrogens is 302 g/mol. The van der Waals surface area contributed by atoms with Crippen LogP contribution >= 0.6 is 0 Å². The highest BCUT2D eigenvalue weighted by Crippen LogP contribution is 2.17. The van der Waals surface area contributed by atoms with Gasteiger partial charge in [-0.3, -0.25) is 0 Å². The summed E-state index contributed by atoms with van der Waals surface area (Å²) in [5.41, 5.74) is 2.86. The minimum atomic E-state index is -0.278. The maximum atomic E-state index is 12.3. The topological polar surface area (TPSA) is 64.6 Å². The van der Waals surface area contributed by atoms with Gasteiger partial charge in [-0.15, -0.1) is 0 Å². The number of rotatable bonds is 7. The summed E-state index contributed by atoms with van der Waals surface area (Å²) in [6.07, 6.45) is 0.470. The number of carbonyl (C=O) groups is 1. The van der Waals surface area contributed by atoms with Crippen molar-refractivity contribution >= 4 is 11.7 Å². The molecule has 0 aliphatic rings. The fourth-order valence-corrected chi connectivity index (χ4v) is 2.57. The second-order valence-electron chi connectivity index (χ2n) is 6.01. The van der Waals surface area contributed by atoms with E-state index in [1.165, 1.54) is 0 Å². The summed E-state index contributed by atoms with van der Waals surface area (Å²) in [6.45, 7) is 0.826. The van der Waals surface area contributed by atoms with Crippen molar-refractivity contribution in [2.24, 2.45) is 0 Å². The van der Waals surface area contributed by atoms with Crippen LogP contribution in [0.2, 0.25) is 0 Å². The van der Waals surface area contributed by atoms with Gasteiger partial charge in [0.1, 0.15) is 0 Å². The number of aliphatic hydroxyl groups excluding tert-OH is 1. The van der Waals surface area contributed by atoms with Gasteiger partial charge >= 0.3 is 6.03 Å². The van der Waals surface area contributed by atoms with Crippen LogP contribution in [0, 0.1) is 0 Å². The average molecular weight is 327 g/mol. The molecule has 2 aromatic carbocycles. The molecule has 2 rings (SSSR count). The van der Waals surface area contributed by atoms with Crippen LogP contribution in [-0.4, -0.2) is 36.7 Å². The highest BCUT2D eigenvalue weighted by molar-refractivity contribution is 5.89. The molecule has 0 heterocycles. The Balaban J connectivity index is 2.00. The summed E-state index contributed by atoms with van der Waals surface area (Å²) in [7, 11) is 4.01. The van der Waals surface area contributed by atoms with E-state index < -0.39 is 0 Å². The molecule has 3 N–H and O–H groups in total. The molecule has 2 aromatic rings. The lowest BCUT2D eigenvalue weighted by Gasteiger charge is -2.19. The van der Waals surface area contributed by atoms with Crippen molar-refractivity contribution in [2.45, 2.75) is 19.0 Å². The van der Waals surface area contributed by atoms with E-state index in [4.69, 9.17) is 0 Å². The number of benzene rings is 2. The Morgan fingerprint density at radius 3 is 2.54 bits per heavy atom. The van der Waals surface area contributed by atoms with E-state index in [0.29, 0.717) is 6.42 Å². The number of urea groups is 1. The third-order valence-corrected chi connectivity index (χ3v) is 3.61. The van der Waals surface area contributed by atoms with E-state index in [2.05, 4.69) is 15.5 Å². The van der Waals surface area contributed by atoms with Crippen molar-refractivity contribution < 1.29 is 9.90 Å². The van der Waals surface area contributed by atoms with E-state index in [0.717, 1.165) is 23.4 Å². The number of carbonyl (C=O) groups excluding carboxylic acids is 1. The molecule has 0 aliphatic carbocycles. The largest absolute Gasteiger partial charge is 0.396 e. The Hall–Kier alpha value is -2.37. The third kappa shape index (κ3) is 5.68. The maximum Gasteiger partial charge on any atom is 0.319 e. The van der Waals surface area contributed by atoms with Crippen LogP contribution in [0.5, 0.6) is 0 Å². The zero-order valence-corrected chi connectivity index (χ0v) is 14.2. The molecule has 128 valence electrons. The molecule has 24 heavy (non-hydrogen) atoms. The van der Waals surface area contributed by atoms with Crippen LogP contribution in [0.25, 0.3) is 0 Å². The van der Waals surface area contributed by atoms with Crippen LogP contribution in [0.4, 0.5) is 10.5 Å². The normalized spacial score (nSPS) is 12.0. The second-order valence-corrected chi connectivity index (χ2v) is 6.01. The first kappa shape index (κ1) is 18.0. The second kappa shape index (κ2) is 9.05. The van der Waals surface area contributed by atoms with Crippen molar-refractivity contribution in [1.82, 2.24) is 10.2 Å². The van der Waals surface area contributed by atoms with Gasteiger partial charge in [-0.2, -0.15) is 0 Å². The van der Waals surface area contributed by atoms with E-state index in [1.54, 1.807) is 0 Å². The zero-order valence-electron chi connectivity index (χ0n) is 14.2. The fourth-order valence-electron chi connectivity index (χ4n) is 2.57. The van der Waals surface area contributed by atoms with Crippen molar-refractivity contribution in [3.63, 3.8) is 0 Å². The smallest absolute Gasteiger partial charge is 0.319 e. The molecule has 5 nitrogen and oxygen atoms in total. The minimum absolute atomic E-state index is 0.0121. The molecule has 1 atom stereocenters. The Morgan fingerprint density at radius 1 is 1.12 bits per heavy atom. The molecular formula is C19H25N3O2. The predicted molar refractivity (Wildman–Crippen MR) is 96.9 cm³/mol. The number of hydrogen-bond acceptors (Lipinski definition) is 3. The molecule has 0 spiro atoms. The molecule has 0 unspecified atom stereocenters. The first-order valence-electron chi connectivity index (χ1n) is 8.05. The Bertz CT molecular complexity index is 644. The van der Waals surface area contributed by atoms with Gasteiger partial charge in [-0.05, 0) is 43.8 Å². The summed E-state index contributed by atoms with van der Waals surface area (Å²) in [5, 5.41) is 15.0. The Labute approximate surface area is 143 Å². The van der Waals surface area contributed by atoms with Gasteiger partial charge in [-0.25, -0.2) is 4.79 Å². The van der Waals surface area contributed by atoms with Gasteiger partial charge in [0.15, 0.2) is 0 Å². The predicted octanol–water partition coefficient (Wildman–Crippen LogP) is 2.99. The van der Waals surface area contributed by atoms with E-state index in [-0.39, 0.29) is 18.7 Å². The minimum Gasteiger partial charge on any atom is -0.396 e. The van der Waals surface area contributed by atoms with Crippen molar-refractivity contribution in [1.29, 1.82) is 0 Å².